The third-order valence-corrected chi connectivity index (χ3v) is 3.83. The van der Waals surface area contributed by atoms with Gasteiger partial charge in [-0.3, -0.25) is 4.79 Å². The molecule has 82 valence electrons. The smallest absolute Gasteiger partial charge is 0.202 e. The molecule has 0 aliphatic heterocycles. The molecule has 0 aliphatic rings. The fourth-order valence-electron chi connectivity index (χ4n) is 1.32. The summed E-state index contributed by atoms with van der Waals surface area (Å²) in [5.41, 5.74) is 1.76. The van der Waals surface area contributed by atoms with Gasteiger partial charge in [-0.15, -0.1) is 0 Å². The maximum atomic E-state index is 11.4. The molecule has 0 fully saturated rings. The summed E-state index contributed by atoms with van der Waals surface area (Å²) in [6, 6.07) is 8.05. The molecular weight excluding hydrogens is 301 g/mol. The first-order chi connectivity index (χ1) is 6.98. The molecule has 15 heavy (non-hydrogen) atoms. The molecule has 0 spiro atoms. The van der Waals surface area contributed by atoms with Gasteiger partial charge in [-0.25, -0.2) is 0 Å². The van der Waals surface area contributed by atoms with Crippen LogP contribution in [-0.2, 0) is 10.2 Å². The second-order valence-electron chi connectivity index (χ2n) is 4.01. The van der Waals surface area contributed by atoms with E-state index < -0.39 is 5.41 Å². The number of benzene rings is 1. The van der Waals surface area contributed by atoms with Gasteiger partial charge in [0.1, 0.15) is 0 Å². The minimum atomic E-state index is -0.398. The highest BCUT2D eigenvalue weighted by Gasteiger charge is 2.27. The van der Waals surface area contributed by atoms with Crippen molar-refractivity contribution in [3.05, 3.63) is 29.8 Å². The summed E-state index contributed by atoms with van der Waals surface area (Å²) in [4.78, 5) is 11.4. The van der Waals surface area contributed by atoms with Gasteiger partial charge in [0.15, 0.2) is 0 Å². The van der Waals surface area contributed by atoms with Crippen molar-refractivity contribution in [2.45, 2.75) is 26.2 Å². The van der Waals surface area contributed by atoms with E-state index >= 15 is 0 Å². The molecule has 0 heterocycles. The van der Waals surface area contributed by atoms with Gasteiger partial charge >= 0.3 is 0 Å². The average molecular weight is 317 g/mol. The van der Waals surface area contributed by atoms with E-state index in [2.05, 4.69) is 12.2 Å². The Morgan fingerprint density at radius 2 is 1.87 bits per heavy atom. The Labute approximate surface area is 105 Å². The topological polar surface area (TPSA) is 29.1 Å². The summed E-state index contributed by atoms with van der Waals surface area (Å²) in [5, 5.41) is 3.23. The third kappa shape index (κ3) is 2.93. The Hall–Kier alpha value is -0.580. The number of rotatable bonds is 4. The van der Waals surface area contributed by atoms with E-state index in [0.717, 1.165) is 17.8 Å². The predicted molar refractivity (Wildman–Crippen MR) is 72.7 cm³/mol. The van der Waals surface area contributed by atoms with Gasteiger partial charge in [-0.05, 0) is 38.5 Å². The molecule has 3 heteroatoms. The molecule has 1 aromatic carbocycles. The summed E-state index contributed by atoms with van der Waals surface area (Å²) in [7, 11) is 0. The number of hydrogen-bond donors (Lipinski definition) is 1. The van der Waals surface area contributed by atoms with Crippen LogP contribution in [0.15, 0.2) is 24.3 Å². The standard InChI is InChI=1S/C12H16INO/c1-4-14-10-7-5-9(6-8-10)12(2,3)11(13)15/h5-8,14H,4H2,1-3H3. The van der Waals surface area contributed by atoms with Gasteiger partial charge in [0.2, 0.25) is 3.79 Å². The quantitative estimate of drug-likeness (QED) is 0.681. The van der Waals surface area contributed by atoms with Crippen molar-refractivity contribution in [3.63, 3.8) is 0 Å². The molecule has 0 bridgehead atoms. The highest BCUT2D eigenvalue weighted by Crippen LogP contribution is 2.27. The van der Waals surface area contributed by atoms with Crippen LogP contribution in [0.1, 0.15) is 26.3 Å². The van der Waals surface area contributed by atoms with Crippen molar-refractivity contribution in [2.24, 2.45) is 0 Å². The van der Waals surface area contributed by atoms with Gasteiger partial charge in [0, 0.05) is 34.8 Å². The first kappa shape index (κ1) is 12.5. The fraction of sp³-hybridized carbons (Fsp3) is 0.417. The third-order valence-electron chi connectivity index (χ3n) is 2.48. The lowest BCUT2D eigenvalue weighted by molar-refractivity contribution is -0.113. The second-order valence-corrected chi connectivity index (χ2v) is 4.99. The van der Waals surface area contributed by atoms with Crippen LogP contribution in [0.4, 0.5) is 5.69 Å². The van der Waals surface area contributed by atoms with Crippen LogP contribution >= 0.6 is 22.6 Å². The minimum Gasteiger partial charge on any atom is -0.385 e. The van der Waals surface area contributed by atoms with Gasteiger partial charge in [0.05, 0.1) is 5.41 Å². The summed E-state index contributed by atoms with van der Waals surface area (Å²) < 4.78 is 0.163. The maximum absolute atomic E-state index is 11.4. The molecule has 0 saturated heterocycles. The molecule has 1 N–H and O–H groups in total. The number of anilines is 1. The Balaban J connectivity index is 2.93. The first-order valence-corrected chi connectivity index (χ1v) is 6.10. The van der Waals surface area contributed by atoms with Crippen LogP contribution < -0.4 is 5.32 Å². The van der Waals surface area contributed by atoms with E-state index in [0.29, 0.717) is 0 Å². The van der Waals surface area contributed by atoms with Crippen molar-refractivity contribution in [2.75, 3.05) is 11.9 Å². The summed E-state index contributed by atoms with van der Waals surface area (Å²) in [6.07, 6.45) is 0. The molecule has 0 atom stereocenters. The Morgan fingerprint density at radius 3 is 2.27 bits per heavy atom. The highest BCUT2D eigenvalue weighted by molar-refractivity contribution is 14.1. The van der Waals surface area contributed by atoms with Crippen molar-refractivity contribution < 1.29 is 4.79 Å². The van der Waals surface area contributed by atoms with Gasteiger partial charge in [0.25, 0.3) is 0 Å². The van der Waals surface area contributed by atoms with Crippen LogP contribution in [-0.4, -0.2) is 10.3 Å². The number of carbonyl (C=O) groups excluding carboxylic acids is 1. The molecule has 2 nitrogen and oxygen atoms in total. The molecular formula is C12H16INO. The van der Waals surface area contributed by atoms with Gasteiger partial charge in [-0.1, -0.05) is 12.1 Å². The Kier molecular flexibility index (Phi) is 4.13. The molecule has 0 amide bonds. The van der Waals surface area contributed by atoms with E-state index in [1.807, 2.05) is 60.7 Å². The maximum Gasteiger partial charge on any atom is 0.202 e. The van der Waals surface area contributed by atoms with Crippen molar-refractivity contribution in [3.8, 4) is 0 Å². The van der Waals surface area contributed by atoms with Crippen molar-refractivity contribution in [1.82, 2.24) is 0 Å². The lowest BCUT2D eigenvalue weighted by Crippen LogP contribution is -2.24. The number of halogens is 1. The van der Waals surface area contributed by atoms with Crippen LogP contribution in [0.25, 0.3) is 0 Å². The number of hydrogen-bond acceptors (Lipinski definition) is 2. The minimum absolute atomic E-state index is 0.163. The fourth-order valence-corrected chi connectivity index (χ4v) is 1.63. The van der Waals surface area contributed by atoms with Gasteiger partial charge < -0.3 is 5.32 Å². The zero-order valence-corrected chi connectivity index (χ0v) is 11.5. The SMILES string of the molecule is CCNc1ccc(C(C)(C)C(=O)I)cc1. The second kappa shape index (κ2) is 4.96. The van der Waals surface area contributed by atoms with E-state index in [1.165, 1.54) is 0 Å². The predicted octanol–water partition coefficient (Wildman–Crippen LogP) is 3.36. The average Bonchev–Trinajstić information content (AvgIpc) is 2.19. The van der Waals surface area contributed by atoms with E-state index in [1.54, 1.807) is 0 Å². The lowest BCUT2D eigenvalue weighted by Gasteiger charge is -2.20. The monoisotopic (exact) mass is 317 g/mol. The lowest BCUT2D eigenvalue weighted by atomic mass is 9.86. The molecule has 0 saturated carbocycles. The van der Waals surface area contributed by atoms with Crippen molar-refractivity contribution in [1.29, 1.82) is 0 Å². The zero-order valence-electron chi connectivity index (χ0n) is 9.30. The Bertz CT molecular complexity index is 343. The van der Waals surface area contributed by atoms with Gasteiger partial charge in [-0.2, -0.15) is 0 Å². The van der Waals surface area contributed by atoms with Crippen LogP contribution in [0.5, 0.6) is 0 Å². The van der Waals surface area contributed by atoms with E-state index in [4.69, 9.17) is 0 Å². The molecule has 0 aliphatic carbocycles. The molecule has 1 rings (SSSR count). The van der Waals surface area contributed by atoms with Crippen LogP contribution in [0, 0.1) is 0 Å². The summed E-state index contributed by atoms with van der Waals surface area (Å²) in [6.45, 7) is 6.87. The first-order valence-electron chi connectivity index (χ1n) is 5.03. The number of carbonyl (C=O) groups is 1. The summed E-state index contributed by atoms with van der Waals surface area (Å²) >= 11 is 1.86. The van der Waals surface area contributed by atoms with E-state index in [9.17, 15) is 4.79 Å². The molecule has 0 unspecified atom stereocenters. The normalized spacial score (nSPS) is 11.2. The molecule has 1 aromatic rings. The zero-order chi connectivity index (χ0) is 11.5. The van der Waals surface area contributed by atoms with Crippen LogP contribution in [0.3, 0.4) is 0 Å². The highest BCUT2D eigenvalue weighted by atomic mass is 127. The van der Waals surface area contributed by atoms with E-state index in [-0.39, 0.29) is 3.79 Å². The van der Waals surface area contributed by atoms with Crippen molar-refractivity contribution >= 4 is 32.1 Å². The Morgan fingerprint density at radius 1 is 1.33 bits per heavy atom. The number of nitrogens with one attached hydrogen (secondary N) is 1. The summed E-state index contributed by atoms with van der Waals surface area (Å²) in [5.74, 6) is 0. The molecule has 0 aromatic heterocycles. The largest absolute Gasteiger partial charge is 0.385 e. The molecule has 0 radical (unpaired) electrons. The van der Waals surface area contributed by atoms with Crippen LogP contribution in [0.2, 0.25) is 0 Å².